The van der Waals surface area contributed by atoms with Gasteiger partial charge < -0.3 is 9.79 Å². The van der Waals surface area contributed by atoms with Crippen LogP contribution in [0.3, 0.4) is 0 Å². The van der Waals surface area contributed by atoms with Gasteiger partial charge >= 0.3 is 8.25 Å². The fraction of sp³-hybridized carbons (Fsp3) is 0. The van der Waals surface area contributed by atoms with Crippen LogP contribution in [-0.2, 0) is 21.6 Å². The molecule has 0 aromatic heterocycles. The number of hydrogen-bond acceptors (Lipinski definition) is 1. The molecule has 0 amide bonds. The van der Waals surface area contributed by atoms with E-state index < -0.39 is 8.25 Å². The second kappa shape index (κ2) is 4.67. The van der Waals surface area contributed by atoms with Crippen molar-refractivity contribution in [2.75, 3.05) is 0 Å². The van der Waals surface area contributed by atoms with Gasteiger partial charge in [-0.05, 0) is 0 Å². The van der Waals surface area contributed by atoms with E-state index in [9.17, 15) is 0 Å². The Bertz CT molecular complexity index is 29.9. The average Bonchev–Trinajstić information content (AvgIpc) is 0.811. The summed E-state index contributed by atoms with van der Waals surface area (Å²) in [6.45, 7) is 0. The molecule has 0 saturated carbocycles. The molecule has 0 unspecified atom stereocenters. The second-order valence-electron chi connectivity index (χ2n) is 0.283. The molecule has 2 N–H and O–H groups in total. The molecule has 5 heteroatoms. The van der Waals surface area contributed by atoms with Crippen LogP contribution in [0.4, 0.5) is 0 Å². The zero-order chi connectivity index (χ0) is 3.58. The predicted octanol–water partition coefficient (Wildman–Crippen LogP) is -0.642. The van der Waals surface area contributed by atoms with Crippen molar-refractivity contribution in [3.05, 3.63) is 0 Å². The van der Waals surface area contributed by atoms with Crippen molar-refractivity contribution in [2.45, 2.75) is 0 Å². The molecular weight excluding hydrogens is 143 g/mol. The van der Waals surface area contributed by atoms with Gasteiger partial charge in [-0.15, -0.1) is 0 Å². The fourth-order valence-electron chi connectivity index (χ4n) is 0. The first-order valence-electron chi connectivity index (χ1n) is 0.651. The summed E-state index contributed by atoms with van der Waals surface area (Å²) in [6, 6.07) is 0. The molecule has 1 radical (unpaired) electrons. The summed E-state index contributed by atoms with van der Waals surface area (Å²) in [4.78, 5) is 14.3. The summed E-state index contributed by atoms with van der Waals surface area (Å²) in [6.07, 6.45) is 0. The van der Waals surface area contributed by atoms with Gasteiger partial charge in [-0.1, -0.05) is 0 Å². The molecule has 0 aliphatic heterocycles. The number of hydrogen-bond donors (Lipinski definition) is 2. The Kier molecular flexibility index (Phi) is 8.57. The smallest absolute Gasteiger partial charge is 0.314 e. The van der Waals surface area contributed by atoms with Crippen molar-refractivity contribution in [3.8, 4) is 0 Å². The van der Waals surface area contributed by atoms with Crippen molar-refractivity contribution in [3.63, 3.8) is 0 Å². The van der Waals surface area contributed by atoms with Gasteiger partial charge in [0.05, 0.1) is 0 Å². The van der Waals surface area contributed by atoms with Gasteiger partial charge in [0.25, 0.3) is 0 Å². The van der Waals surface area contributed by atoms with Crippen LogP contribution < -0.4 is 0 Å². The molecule has 0 heterocycles. The van der Waals surface area contributed by atoms with Crippen molar-refractivity contribution in [1.82, 2.24) is 0 Å². The van der Waals surface area contributed by atoms with E-state index in [-0.39, 0.29) is 17.1 Å². The van der Waals surface area contributed by atoms with Gasteiger partial charge in [0.2, 0.25) is 0 Å². The van der Waals surface area contributed by atoms with Crippen LogP contribution in [0.5, 0.6) is 0 Å². The van der Waals surface area contributed by atoms with Crippen LogP contribution in [0.25, 0.3) is 0 Å². The minimum atomic E-state index is -3.13. The molecule has 0 spiro atoms. The van der Waals surface area contributed by atoms with Crippen molar-refractivity contribution >= 4 is 8.25 Å². The zero-order valence-corrected chi connectivity index (χ0v) is 4.05. The molecule has 0 atom stereocenters. The Labute approximate surface area is 40.4 Å². The van der Waals surface area contributed by atoms with Crippen LogP contribution in [-0.4, -0.2) is 9.79 Å². The Hall–Kier alpha value is 0.669. The topological polar surface area (TPSA) is 57.5 Å². The summed E-state index contributed by atoms with van der Waals surface area (Å²) >= 11 is 0. The normalized spacial score (nSPS) is 7.00. The van der Waals surface area contributed by atoms with Gasteiger partial charge in [-0.2, -0.15) is 0 Å². The minimum absolute atomic E-state index is 0. The summed E-state index contributed by atoms with van der Waals surface area (Å²) in [5.41, 5.74) is 0. The first-order chi connectivity index (χ1) is 1.73. The van der Waals surface area contributed by atoms with E-state index >= 15 is 0 Å². The van der Waals surface area contributed by atoms with Crippen LogP contribution in [0.15, 0.2) is 0 Å². The maximum absolute atomic E-state index is 8.74. The average molecular weight is 146 g/mol. The van der Waals surface area contributed by atoms with Crippen LogP contribution in [0.1, 0.15) is 0 Å². The van der Waals surface area contributed by atoms with E-state index in [0.717, 1.165) is 0 Å². The van der Waals surface area contributed by atoms with Crippen molar-refractivity contribution in [1.29, 1.82) is 0 Å². The molecule has 0 aliphatic rings. The van der Waals surface area contributed by atoms with Gasteiger partial charge in [0.15, 0.2) is 0 Å². The van der Waals surface area contributed by atoms with Gasteiger partial charge in [-0.3, -0.25) is 4.57 Å². The first-order valence-corrected chi connectivity index (χ1v) is 1.95. The Morgan fingerprint density at radius 1 is 1.40 bits per heavy atom. The third kappa shape index (κ3) is 74.2. The Balaban J connectivity index is 0. The summed E-state index contributed by atoms with van der Waals surface area (Å²) < 4.78 is 8.74. The van der Waals surface area contributed by atoms with Gasteiger partial charge in [0, 0.05) is 17.1 Å². The third-order valence-electron chi connectivity index (χ3n) is 0. The molecule has 0 aliphatic carbocycles. The van der Waals surface area contributed by atoms with E-state index in [2.05, 4.69) is 0 Å². The van der Waals surface area contributed by atoms with E-state index in [1.807, 2.05) is 0 Å². The summed E-state index contributed by atoms with van der Waals surface area (Å²) in [5.74, 6) is 0. The van der Waals surface area contributed by atoms with E-state index in [0.29, 0.717) is 0 Å². The largest absolute Gasteiger partial charge is 0.326 e. The second-order valence-corrected chi connectivity index (χ2v) is 0.848. The summed E-state index contributed by atoms with van der Waals surface area (Å²) in [5, 5.41) is 0. The molecule has 0 bridgehead atoms. The zero-order valence-electron chi connectivity index (χ0n) is 2.10. The molecule has 0 saturated heterocycles. The third-order valence-corrected chi connectivity index (χ3v) is 0. The molecule has 5 heavy (non-hydrogen) atoms. The molecule has 0 rings (SSSR count). The maximum atomic E-state index is 8.74. The van der Waals surface area contributed by atoms with Crippen LogP contribution >= 0.6 is 8.25 Å². The minimum Gasteiger partial charge on any atom is -0.326 e. The molecule has 0 aromatic rings. The predicted molar refractivity (Wildman–Crippen MR) is 13.4 cm³/mol. The van der Waals surface area contributed by atoms with E-state index in [4.69, 9.17) is 14.4 Å². The Morgan fingerprint density at radius 2 is 1.40 bits per heavy atom. The molecule has 3 nitrogen and oxygen atoms in total. The van der Waals surface area contributed by atoms with Crippen LogP contribution in [0, 0.1) is 0 Å². The first kappa shape index (κ1) is 9.18. The SMILES string of the molecule is O=[PH](O)O.[Cu]. The standard InChI is InChI=1S/Cu.H3O3P/c;1-4(2)3/h;4H,(H2,1,2,3). The molecule has 0 fully saturated rings. The molecular formula is H3CuO3P. The molecule has 0 aromatic carbocycles. The van der Waals surface area contributed by atoms with Crippen molar-refractivity contribution < 1.29 is 31.4 Å². The van der Waals surface area contributed by atoms with Gasteiger partial charge in [-0.25, -0.2) is 0 Å². The van der Waals surface area contributed by atoms with Crippen LogP contribution in [0.2, 0.25) is 0 Å². The Morgan fingerprint density at radius 3 is 1.40 bits per heavy atom. The van der Waals surface area contributed by atoms with Crippen molar-refractivity contribution in [2.24, 2.45) is 0 Å². The summed E-state index contributed by atoms with van der Waals surface area (Å²) in [7, 11) is -3.13. The number of rotatable bonds is 0. The van der Waals surface area contributed by atoms with Gasteiger partial charge in [0.1, 0.15) is 0 Å². The van der Waals surface area contributed by atoms with E-state index in [1.165, 1.54) is 0 Å². The monoisotopic (exact) mass is 145 g/mol. The quantitative estimate of drug-likeness (QED) is 0.352. The molecule has 37 valence electrons. The fourth-order valence-corrected chi connectivity index (χ4v) is 0. The van der Waals surface area contributed by atoms with E-state index in [1.54, 1.807) is 0 Å². The maximum Gasteiger partial charge on any atom is 0.314 e.